The fraction of sp³-hybridized carbons (Fsp3) is 0.375. The van der Waals surface area contributed by atoms with Crippen LogP contribution in [0.15, 0.2) is 40.3 Å². The van der Waals surface area contributed by atoms with Gasteiger partial charge in [0.2, 0.25) is 5.91 Å². The number of rotatable bonds is 5. The Hall–Kier alpha value is -2.08. The van der Waals surface area contributed by atoms with E-state index in [1.54, 1.807) is 28.4 Å². The van der Waals surface area contributed by atoms with Crippen molar-refractivity contribution in [2.75, 3.05) is 6.54 Å². The standard InChI is InChI=1S/C16H17NO4S/c18-14-6-5-12(16(19)20)15(13-4-1-9-21-13)17(14)8-7-11-3-2-10-22-11/h1-4,9-10,12,15H,5-8H2,(H,19,20)/t12-,15+/m1/s1. The molecular formula is C16H17NO4S. The Bertz CT molecular complexity index is 635. The van der Waals surface area contributed by atoms with Gasteiger partial charge in [0.05, 0.1) is 12.2 Å². The second-order valence-corrected chi connectivity index (χ2v) is 6.39. The molecule has 0 unspecified atom stereocenters. The summed E-state index contributed by atoms with van der Waals surface area (Å²) in [6.07, 6.45) is 2.88. The molecule has 1 fully saturated rings. The van der Waals surface area contributed by atoms with E-state index in [9.17, 15) is 14.7 Å². The van der Waals surface area contributed by atoms with E-state index in [0.717, 1.165) is 6.42 Å². The Balaban J connectivity index is 1.85. The minimum atomic E-state index is -0.880. The van der Waals surface area contributed by atoms with E-state index in [0.29, 0.717) is 18.7 Å². The van der Waals surface area contributed by atoms with Gasteiger partial charge in [0.1, 0.15) is 11.8 Å². The number of amides is 1. The average Bonchev–Trinajstić information content (AvgIpc) is 3.18. The van der Waals surface area contributed by atoms with Crippen molar-refractivity contribution in [1.29, 1.82) is 0 Å². The Kier molecular flexibility index (Phi) is 4.29. The van der Waals surface area contributed by atoms with Crippen LogP contribution in [0.2, 0.25) is 0 Å². The molecule has 2 atom stereocenters. The molecule has 2 aromatic heterocycles. The third-order valence-electron chi connectivity index (χ3n) is 4.04. The van der Waals surface area contributed by atoms with Gasteiger partial charge in [-0.05, 0) is 36.4 Å². The molecule has 0 spiro atoms. The van der Waals surface area contributed by atoms with E-state index in [2.05, 4.69) is 0 Å². The van der Waals surface area contributed by atoms with Gasteiger partial charge in [0.15, 0.2) is 0 Å². The number of likely N-dealkylation sites (tertiary alicyclic amines) is 1. The van der Waals surface area contributed by atoms with Gasteiger partial charge < -0.3 is 14.4 Å². The van der Waals surface area contributed by atoms with Crippen molar-refractivity contribution in [1.82, 2.24) is 4.90 Å². The number of carbonyl (C=O) groups excluding carboxylic acids is 1. The van der Waals surface area contributed by atoms with Crippen LogP contribution in [0.4, 0.5) is 0 Å². The highest BCUT2D eigenvalue weighted by Crippen LogP contribution is 2.37. The number of carbonyl (C=O) groups is 2. The molecule has 0 aromatic carbocycles. The van der Waals surface area contributed by atoms with E-state index in [-0.39, 0.29) is 12.3 Å². The second kappa shape index (κ2) is 6.36. The third kappa shape index (κ3) is 2.92. The zero-order valence-electron chi connectivity index (χ0n) is 12.0. The number of furan rings is 1. The lowest BCUT2D eigenvalue weighted by Crippen LogP contribution is -2.46. The van der Waals surface area contributed by atoms with E-state index in [1.165, 1.54) is 11.1 Å². The van der Waals surface area contributed by atoms with Gasteiger partial charge in [-0.15, -0.1) is 11.3 Å². The summed E-state index contributed by atoms with van der Waals surface area (Å²) >= 11 is 1.64. The van der Waals surface area contributed by atoms with Gasteiger partial charge in [0, 0.05) is 17.8 Å². The molecule has 1 N–H and O–H groups in total. The molecule has 6 heteroatoms. The molecule has 1 aliphatic rings. The molecule has 0 bridgehead atoms. The molecule has 2 aromatic rings. The van der Waals surface area contributed by atoms with Crippen LogP contribution in [0.5, 0.6) is 0 Å². The van der Waals surface area contributed by atoms with Gasteiger partial charge in [-0.2, -0.15) is 0 Å². The Morgan fingerprint density at radius 2 is 2.27 bits per heavy atom. The van der Waals surface area contributed by atoms with E-state index in [1.807, 2.05) is 17.5 Å². The molecule has 0 aliphatic carbocycles. The highest BCUT2D eigenvalue weighted by atomic mass is 32.1. The Labute approximate surface area is 132 Å². The van der Waals surface area contributed by atoms with Crippen LogP contribution in [0.1, 0.15) is 29.5 Å². The predicted octanol–water partition coefficient (Wildman–Crippen LogP) is 2.95. The monoisotopic (exact) mass is 319 g/mol. The third-order valence-corrected chi connectivity index (χ3v) is 4.97. The first-order chi connectivity index (χ1) is 10.7. The normalized spacial score (nSPS) is 22.0. The summed E-state index contributed by atoms with van der Waals surface area (Å²) in [7, 11) is 0. The Morgan fingerprint density at radius 1 is 1.41 bits per heavy atom. The van der Waals surface area contributed by atoms with E-state index < -0.39 is 17.9 Å². The first kappa shape index (κ1) is 14.8. The van der Waals surface area contributed by atoms with Crippen LogP contribution >= 0.6 is 11.3 Å². The van der Waals surface area contributed by atoms with Crippen molar-refractivity contribution in [3.05, 3.63) is 46.5 Å². The molecule has 22 heavy (non-hydrogen) atoms. The van der Waals surface area contributed by atoms with Crippen molar-refractivity contribution in [2.45, 2.75) is 25.3 Å². The topological polar surface area (TPSA) is 70.8 Å². The minimum Gasteiger partial charge on any atom is -0.481 e. The maximum atomic E-state index is 12.3. The maximum absolute atomic E-state index is 12.3. The van der Waals surface area contributed by atoms with Gasteiger partial charge in [-0.3, -0.25) is 9.59 Å². The van der Waals surface area contributed by atoms with Crippen LogP contribution in [0.3, 0.4) is 0 Å². The van der Waals surface area contributed by atoms with E-state index in [4.69, 9.17) is 4.42 Å². The van der Waals surface area contributed by atoms with Crippen LogP contribution < -0.4 is 0 Å². The summed E-state index contributed by atoms with van der Waals surface area (Å²) < 4.78 is 5.41. The predicted molar refractivity (Wildman–Crippen MR) is 81.5 cm³/mol. The molecule has 1 amide bonds. The molecule has 1 saturated heterocycles. The SMILES string of the molecule is O=C(O)[C@@H]1CCC(=O)N(CCc2cccs2)[C@@H]1c1ccco1. The lowest BCUT2D eigenvalue weighted by atomic mass is 9.87. The van der Waals surface area contributed by atoms with Crippen molar-refractivity contribution in [3.8, 4) is 0 Å². The summed E-state index contributed by atoms with van der Waals surface area (Å²) in [5.41, 5.74) is 0. The lowest BCUT2D eigenvalue weighted by Gasteiger charge is -2.38. The molecule has 1 aliphatic heterocycles. The van der Waals surface area contributed by atoms with Gasteiger partial charge in [0.25, 0.3) is 0 Å². The molecule has 5 nitrogen and oxygen atoms in total. The van der Waals surface area contributed by atoms with Gasteiger partial charge in [-0.25, -0.2) is 0 Å². The summed E-state index contributed by atoms with van der Waals surface area (Å²) in [6.45, 7) is 0.508. The molecule has 3 rings (SSSR count). The van der Waals surface area contributed by atoms with Gasteiger partial charge >= 0.3 is 5.97 Å². The number of carboxylic acid groups (broad SMARTS) is 1. The summed E-state index contributed by atoms with van der Waals surface area (Å²) in [4.78, 5) is 26.7. The van der Waals surface area contributed by atoms with Crippen molar-refractivity contribution in [2.24, 2.45) is 5.92 Å². The molecule has 0 radical (unpaired) electrons. The fourth-order valence-corrected chi connectivity index (χ4v) is 3.67. The highest BCUT2D eigenvalue weighted by molar-refractivity contribution is 7.09. The number of hydrogen-bond acceptors (Lipinski definition) is 4. The average molecular weight is 319 g/mol. The Morgan fingerprint density at radius 3 is 2.91 bits per heavy atom. The summed E-state index contributed by atoms with van der Waals surface area (Å²) in [5.74, 6) is -0.954. The zero-order chi connectivity index (χ0) is 15.5. The summed E-state index contributed by atoms with van der Waals surface area (Å²) in [5, 5.41) is 11.5. The number of aliphatic carboxylic acids is 1. The number of hydrogen-bond donors (Lipinski definition) is 1. The van der Waals surface area contributed by atoms with E-state index >= 15 is 0 Å². The fourth-order valence-electron chi connectivity index (χ4n) is 2.97. The lowest BCUT2D eigenvalue weighted by molar-refractivity contribution is -0.152. The molecule has 3 heterocycles. The first-order valence-corrected chi connectivity index (χ1v) is 8.13. The van der Waals surface area contributed by atoms with Crippen molar-refractivity contribution < 1.29 is 19.1 Å². The number of carboxylic acids is 1. The smallest absolute Gasteiger partial charge is 0.309 e. The number of piperidine rings is 1. The number of thiophene rings is 1. The van der Waals surface area contributed by atoms with Crippen molar-refractivity contribution in [3.63, 3.8) is 0 Å². The largest absolute Gasteiger partial charge is 0.481 e. The van der Waals surface area contributed by atoms with Gasteiger partial charge in [-0.1, -0.05) is 6.07 Å². The maximum Gasteiger partial charge on any atom is 0.309 e. The van der Waals surface area contributed by atoms with Crippen molar-refractivity contribution >= 4 is 23.2 Å². The zero-order valence-corrected chi connectivity index (χ0v) is 12.8. The number of nitrogens with zero attached hydrogens (tertiary/aromatic N) is 1. The highest BCUT2D eigenvalue weighted by Gasteiger charge is 2.41. The second-order valence-electron chi connectivity index (χ2n) is 5.36. The van der Waals surface area contributed by atoms with Crippen LogP contribution in [-0.2, 0) is 16.0 Å². The van der Waals surface area contributed by atoms with Crippen LogP contribution in [-0.4, -0.2) is 28.4 Å². The molecule has 116 valence electrons. The molecular weight excluding hydrogens is 302 g/mol. The van der Waals surface area contributed by atoms with Crippen LogP contribution in [0.25, 0.3) is 0 Å². The van der Waals surface area contributed by atoms with Crippen LogP contribution in [0, 0.1) is 5.92 Å². The minimum absolute atomic E-state index is 0.00421. The first-order valence-electron chi connectivity index (χ1n) is 7.25. The molecule has 0 saturated carbocycles. The summed E-state index contributed by atoms with van der Waals surface area (Å²) in [6, 6.07) is 6.95. The quantitative estimate of drug-likeness (QED) is 0.920.